The van der Waals surface area contributed by atoms with Crippen LogP contribution in [0, 0.1) is 0 Å². The van der Waals surface area contributed by atoms with E-state index in [0.29, 0.717) is 5.69 Å². The van der Waals surface area contributed by atoms with E-state index in [1.165, 1.54) is 0 Å². The number of aldehydes is 1. The van der Waals surface area contributed by atoms with Gasteiger partial charge in [-0.15, -0.1) is 0 Å². The van der Waals surface area contributed by atoms with Crippen LogP contribution < -0.4 is 0 Å². The number of rotatable bonds is 4. The van der Waals surface area contributed by atoms with Crippen LogP contribution in [0.3, 0.4) is 0 Å². The van der Waals surface area contributed by atoms with Gasteiger partial charge in [0.2, 0.25) is 0 Å². The number of aromatic nitrogens is 2. The summed E-state index contributed by atoms with van der Waals surface area (Å²) in [6, 6.07) is 0. The number of aromatic amines is 1. The lowest BCUT2D eigenvalue weighted by molar-refractivity contribution is 0.111. The van der Waals surface area contributed by atoms with Crippen LogP contribution in [0.25, 0.3) is 0 Å². The maximum Gasteiger partial charge on any atom is 0.170 e. The molecule has 66 valence electrons. The monoisotopic (exact) mass is 166 g/mol. The highest BCUT2D eigenvalue weighted by molar-refractivity contribution is 5.73. The second-order valence-electron chi connectivity index (χ2n) is 2.77. The van der Waals surface area contributed by atoms with Crippen molar-refractivity contribution in [2.45, 2.75) is 33.1 Å². The van der Waals surface area contributed by atoms with Crippen molar-refractivity contribution in [3.63, 3.8) is 0 Å². The number of hydrogen-bond donors (Lipinski definition) is 1. The van der Waals surface area contributed by atoms with Crippen LogP contribution in [0.4, 0.5) is 0 Å². The molecule has 0 fully saturated rings. The number of hydrogen-bond acceptors (Lipinski definition) is 2. The van der Waals surface area contributed by atoms with Gasteiger partial charge < -0.3 is 4.98 Å². The lowest BCUT2D eigenvalue weighted by Gasteiger charge is -1.89. The molecule has 1 heterocycles. The van der Waals surface area contributed by atoms with Crippen LogP contribution in [-0.4, -0.2) is 16.3 Å². The van der Waals surface area contributed by atoms with Gasteiger partial charge in [0.25, 0.3) is 0 Å². The Hall–Kier alpha value is -1.12. The average molecular weight is 166 g/mol. The van der Waals surface area contributed by atoms with Gasteiger partial charge in [-0.25, -0.2) is 4.98 Å². The second kappa shape index (κ2) is 4.04. The summed E-state index contributed by atoms with van der Waals surface area (Å²) in [4.78, 5) is 17.8. The van der Waals surface area contributed by atoms with Gasteiger partial charge in [0.15, 0.2) is 6.29 Å². The van der Waals surface area contributed by atoms with E-state index in [4.69, 9.17) is 0 Å². The minimum absolute atomic E-state index is 0.570. The Kier molecular flexibility index (Phi) is 3.02. The Morgan fingerprint density at radius 1 is 1.50 bits per heavy atom. The van der Waals surface area contributed by atoms with E-state index in [1.807, 2.05) is 6.92 Å². The SMILES string of the molecule is CCCc1nc(C=O)c(CC)[nH]1. The number of H-pyrrole nitrogens is 1. The van der Waals surface area contributed by atoms with Crippen LogP contribution in [0.5, 0.6) is 0 Å². The molecule has 1 N–H and O–H groups in total. The summed E-state index contributed by atoms with van der Waals surface area (Å²) < 4.78 is 0. The van der Waals surface area contributed by atoms with Crippen molar-refractivity contribution < 1.29 is 4.79 Å². The molecule has 0 aliphatic carbocycles. The fourth-order valence-corrected chi connectivity index (χ4v) is 1.20. The van der Waals surface area contributed by atoms with Crippen molar-refractivity contribution >= 4 is 6.29 Å². The molecule has 0 atom stereocenters. The highest BCUT2D eigenvalue weighted by atomic mass is 16.1. The summed E-state index contributed by atoms with van der Waals surface area (Å²) >= 11 is 0. The van der Waals surface area contributed by atoms with Crippen LogP contribution in [0.1, 0.15) is 42.3 Å². The summed E-state index contributed by atoms with van der Waals surface area (Å²) in [7, 11) is 0. The first-order valence-corrected chi connectivity index (χ1v) is 4.34. The largest absolute Gasteiger partial charge is 0.345 e. The molecule has 3 nitrogen and oxygen atoms in total. The molecule has 0 saturated carbocycles. The molecule has 0 amide bonds. The van der Waals surface area contributed by atoms with E-state index in [2.05, 4.69) is 16.9 Å². The molecule has 0 saturated heterocycles. The number of nitrogens with zero attached hydrogens (tertiary/aromatic N) is 1. The Bertz CT molecular complexity index is 265. The van der Waals surface area contributed by atoms with Crippen LogP contribution in [0.15, 0.2) is 0 Å². The number of aryl methyl sites for hydroxylation is 2. The van der Waals surface area contributed by atoms with Crippen molar-refractivity contribution in [3.05, 3.63) is 17.2 Å². The topological polar surface area (TPSA) is 45.8 Å². The fraction of sp³-hybridized carbons (Fsp3) is 0.556. The lowest BCUT2D eigenvalue weighted by Crippen LogP contribution is -1.87. The number of imidazole rings is 1. The van der Waals surface area contributed by atoms with E-state index in [0.717, 1.165) is 37.1 Å². The fourth-order valence-electron chi connectivity index (χ4n) is 1.20. The Morgan fingerprint density at radius 2 is 2.25 bits per heavy atom. The van der Waals surface area contributed by atoms with Crippen molar-refractivity contribution in [2.24, 2.45) is 0 Å². The van der Waals surface area contributed by atoms with Crippen LogP contribution in [0.2, 0.25) is 0 Å². The minimum Gasteiger partial charge on any atom is -0.345 e. The second-order valence-corrected chi connectivity index (χ2v) is 2.77. The zero-order valence-corrected chi connectivity index (χ0v) is 7.55. The zero-order chi connectivity index (χ0) is 8.97. The van der Waals surface area contributed by atoms with Crippen molar-refractivity contribution in [3.8, 4) is 0 Å². The number of nitrogens with one attached hydrogen (secondary N) is 1. The van der Waals surface area contributed by atoms with Crippen molar-refractivity contribution in [1.82, 2.24) is 9.97 Å². The van der Waals surface area contributed by atoms with Gasteiger partial charge in [-0.3, -0.25) is 4.79 Å². The first kappa shape index (κ1) is 8.97. The van der Waals surface area contributed by atoms with Crippen molar-refractivity contribution in [2.75, 3.05) is 0 Å². The molecule has 1 aromatic heterocycles. The summed E-state index contributed by atoms with van der Waals surface area (Å²) in [6.07, 6.45) is 3.62. The van der Waals surface area contributed by atoms with E-state index in [-0.39, 0.29) is 0 Å². The van der Waals surface area contributed by atoms with Gasteiger partial charge in [-0.05, 0) is 12.8 Å². The van der Waals surface area contributed by atoms with Gasteiger partial charge in [0, 0.05) is 12.1 Å². The molecule has 0 aliphatic rings. The van der Waals surface area contributed by atoms with Gasteiger partial charge in [0.05, 0.1) is 0 Å². The third-order valence-electron chi connectivity index (χ3n) is 1.81. The molecule has 1 aromatic rings. The molecule has 1 rings (SSSR count). The normalized spacial score (nSPS) is 10.2. The molecule has 3 heteroatoms. The van der Waals surface area contributed by atoms with E-state index >= 15 is 0 Å². The quantitative estimate of drug-likeness (QED) is 0.692. The molecule has 0 spiro atoms. The molecule has 0 unspecified atom stereocenters. The maximum absolute atomic E-state index is 10.5. The Morgan fingerprint density at radius 3 is 2.67 bits per heavy atom. The highest BCUT2D eigenvalue weighted by Gasteiger charge is 2.05. The van der Waals surface area contributed by atoms with Gasteiger partial charge in [-0.1, -0.05) is 13.8 Å². The maximum atomic E-state index is 10.5. The molecule has 0 aliphatic heterocycles. The van der Waals surface area contributed by atoms with Gasteiger partial charge in [-0.2, -0.15) is 0 Å². The molecule has 12 heavy (non-hydrogen) atoms. The van der Waals surface area contributed by atoms with Crippen LogP contribution >= 0.6 is 0 Å². The highest BCUT2D eigenvalue weighted by Crippen LogP contribution is 2.06. The number of carbonyl (C=O) groups excluding carboxylic acids is 1. The zero-order valence-electron chi connectivity index (χ0n) is 7.55. The molecular formula is C9H14N2O. The molecular weight excluding hydrogens is 152 g/mol. The minimum atomic E-state index is 0.570. The predicted octanol–water partition coefficient (Wildman–Crippen LogP) is 1.74. The third-order valence-corrected chi connectivity index (χ3v) is 1.81. The van der Waals surface area contributed by atoms with E-state index in [9.17, 15) is 4.79 Å². The summed E-state index contributed by atoms with van der Waals surface area (Å²) in [5.41, 5.74) is 1.52. The average Bonchev–Trinajstić information content (AvgIpc) is 2.48. The predicted molar refractivity (Wildman–Crippen MR) is 47.3 cm³/mol. The molecule has 0 radical (unpaired) electrons. The molecule has 0 aromatic carbocycles. The van der Waals surface area contributed by atoms with E-state index in [1.54, 1.807) is 0 Å². The summed E-state index contributed by atoms with van der Waals surface area (Å²) in [5.74, 6) is 0.927. The smallest absolute Gasteiger partial charge is 0.170 e. The summed E-state index contributed by atoms with van der Waals surface area (Å²) in [6.45, 7) is 4.10. The Balaban J connectivity index is 2.88. The molecule has 0 bridgehead atoms. The standard InChI is InChI=1S/C9H14N2O/c1-3-5-9-10-7(4-2)8(6-12)11-9/h6H,3-5H2,1-2H3,(H,10,11). The van der Waals surface area contributed by atoms with Gasteiger partial charge >= 0.3 is 0 Å². The first-order valence-electron chi connectivity index (χ1n) is 4.34. The number of carbonyl (C=O) groups is 1. The van der Waals surface area contributed by atoms with E-state index < -0.39 is 0 Å². The third kappa shape index (κ3) is 1.72. The lowest BCUT2D eigenvalue weighted by atomic mass is 10.3. The van der Waals surface area contributed by atoms with Crippen LogP contribution in [-0.2, 0) is 12.8 Å². The first-order chi connectivity index (χ1) is 5.81. The van der Waals surface area contributed by atoms with Gasteiger partial charge in [0.1, 0.15) is 11.5 Å². The Labute approximate surface area is 72.2 Å². The van der Waals surface area contributed by atoms with Crippen molar-refractivity contribution in [1.29, 1.82) is 0 Å². The summed E-state index contributed by atoms with van der Waals surface area (Å²) in [5, 5.41) is 0.